The first kappa shape index (κ1) is 18.3. The number of halogens is 2. The molecule has 0 aliphatic rings. The summed E-state index contributed by atoms with van der Waals surface area (Å²) in [6.07, 6.45) is 1.13. The fraction of sp³-hybridized carbons (Fsp3) is 0.316. The highest BCUT2D eigenvalue weighted by atomic mass is 35.5. The Bertz CT molecular complexity index is 736. The first-order valence-electron chi connectivity index (χ1n) is 7.86. The number of benzene rings is 2. The second kappa shape index (κ2) is 7.67. The van der Waals surface area contributed by atoms with Gasteiger partial charge in [-0.25, -0.2) is 4.39 Å². The summed E-state index contributed by atoms with van der Waals surface area (Å²) in [4.78, 5) is 13.7. The number of hydrogen-bond acceptors (Lipinski definition) is 2. The third-order valence-corrected chi connectivity index (χ3v) is 4.15. The van der Waals surface area contributed by atoms with Crippen molar-refractivity contribution in [1.82, 2.24) is 4.90 Å². The number of rotatable bonds is 5. The number of amides is 1. The maximum absolute atomic E-state index is 14.2. The number of likely N-dealkylation sites (N-methyl/N-ethyl adjacent to an activating group) is 1. The molecule has 24 heavy (non-hydrogen) atoms. The molecular formula is C19H22ClFN2O. The number of carbonyl (C=O) groups is 1. The van der Waals surface area contributed by atoms with Crippen LogP contribution in [0.5, 0.6) is 0 Å². The van der Waals surface area contributed by atoms with E-state index in [4.69, 9.17) is 11.6 Å². The first-order valence-corrected chi connectivity index (χ1v) is 8.24. The monoisotopic (exact) mass is 348 g/mol. The summed E-state index contributed by atoms with van der Waals surface area (Å²) >= 11 is 5.88. The molecule has 1 amide bonds. The Morgan fingerprint density at radius 1 is 1.25 bits per heavy atom. The molecule has 0 heterocycles. The summed E-state index contributed by atoms with van der Waals surface area (Å²) in [5.41, 5.74) is 3.80. The van der Waals surface area contributed by atoms with E-state index in [-0.39, 0.29) is 12.3 Å². The minimum Gasteiger partial charge on any atom is -0.353 e. The van der Waals surface area contributed by atoms with Crippen LogP contribution in [0.4, 0.5) is 15.8 Å². The van der Waals surface area contributed by atoms with Crippen LogP contribution in [0.2, 0.25) is 5.02 Å². The van der Waals surface area contributed by atoms with Gasteiger partial charge in [0.1, 0.15) is 5.82 Å². The molecule has 5 heteroatoms. The van der Waals surface area contributed by atoms with Crippen molar-refractivity contribution in [2.45, 2.75) is 26.7 Å². The second-order valence-corrected chi connectivity index (χ2v) is 6.45. The summed E-state index contributed by atoms with van der Waals surface area (Å²) in [7, 11) is 3.45. The van der Waals surface area contributed by atoms with Gasteiger partial charge in [-0.3, -0.25) is 4.79 Å². The molecule has 1 N–H and O–H groups in total. The highest BCUT2D eigenvalue weighted by Gasteiger charge is 2.14. The predicted molar refractivity (Wildman–Crippen MR) is 97.6 cm³/mol. The molecule has 3 nitrogen and oxygen atoms in total. The number of hydrogen-bond donors (Lipinski definition) is 1. The quantitative estimate of drug-likeness (QED) is 0.847. The SMILES string of the molecule is CCc1ccc(Nc2c(C)cc(Cl)cc2F)c(CC(=O)N(C)C)c1. The number of nitrogens with zero attached hydrogens (tertiary/aromatic N) is 1. The van der Waals surface area contributed by atoms with Crippen LogP contribution < -0.4 is 5.32 Å². The lowest BCUT2D eigenvalue weighted by atomic mass is 10.0. The van der Waals surface area contributed by atoms with Crippen LogP contribution in [0, 0.1) is 12.7 Å². The number of carbonyl (C=O) groups excluding carboxylic acids is 1. The Morgan fingerprint density at radius 3 is 2.54 bits per heavy atom. The van der Waals surface area contributed by atoms with E-state index in [1.54, 1.807) is 32.0 Å². The van der Waals surface area contributed by atoms with E-state index in [1.165, 1.54) is 6.07 Å². The lowest BCUT2D eigenvalue weighted by Crippen LogP contribution is -2.24. The lowest BCUT2D eigenvalue weighted by molar-refractivity contribution is -0.127. The van der Waals surface area contributed by atoms with E-state index >= 15 is 0 Å². The molecule has 0 atom stereocenters. The van der Waals surface area contributed by atoms with Gasteiger partial charge in [0.25, 0.3) is 0 Å². The summed E-state index contributed by atoms with van der Waals surface area (Å²) in [6.45, 7) is 3.85. The van der Waals surface area contributed by atoms with Gasteiger partial charge in [0, 0.05) is 24.8 Å². The summed E-state index contributed by atoms with van der Waals surface area (Å²) in [5.74, 6) is -0.413. The zero-order chi connectivity index (χ0) is 17.9. The number of aryl methyl sites for hydroxylation is 2. The molecule has 0 aliphatic heterocycles. The fourth-order valence-electron chi connectivity index (χ4n) is 2.45. The second-order valence-electron chi connectivity index (χ2n) is 6.01. The van der Waals surface area contributed by atoms with Crippen LogP contribution in [0.3, 0.4) is 0 Å². The van der Waals surface area contributed by atoms with Crippen LogP contribution in [-0.4, -0.2) is 24.9 Å². The molecule has 0 spiro atoms. The largest absolute Gasteiger partial charge is 0.353 e. The standard InChI is InChI=1S/C19H22ClFN2O/c1-5-13-6-7-17(14(9-13)10-18(24)23(3)4)22-19-12(2)8-15(20)11-16(19)21/h6-9,11,22H,5,10H2,1-4H3. The van der Waals surface area contributed by atoms with Crippen LogP contribution in [0.1, 0.15) is 23.6 Å². The molecule has 0 aromatic heterocycles. The number of anilines is 2. The Labute approximate surface area is 147 Å². The van der Waals surface area contributed by atoms with Gasteiger partial charge >= 0.3 is 0 Å². The Kier molecular flexibility index (Phi) is 5.84. The molecule has 2 rings (SSSR count). The molecule has 0 aliphatic carbocycles. The highest BCUT2D eigenvalue weighted by Crippen LogP contribution is 2.29. The van der Waals surface area contributed by atoms with Crippen LogP contribution in [0.15, 0.2) is 30.3 Å². The first-order chi connectivity index (χ1) is 11.3. The van der Waals surface area contributed by atoms with E-state index in [1.807, 2.05) is 18.2 Å². The van der Waals surface area contributed by atoms with Crippen molar-refractivity contribution < 1.29 is 9.18 Å². The van der Waals surface area contributed by atoms with Crippen LogP contribution in [0.25, 0.3) is 0 Å². The fourth-order valence-corrected chi connectivity index (χ4v) is 2.71. The maximum atomic E-state index is 14.2. The summed E-state index contributed by atoms with van der Waals surface area (Å²) < 4.78 is 14.2. The molecular weight excluding hydrogens is 327 g/mol. The molecule has 0 radical (unpaired) electrons. The van der Waals surface area contributed by atoms with Crippen molar-refractivity contribution in [3.05, 3.63) is 57.9 Å². The van der Waals surface area contributed by atoms with Gasteiger partial charge < -0.3 is 10.2 Å². The average Bonchev–Trinajstić information content (AvgIpc) is 2.51. The minimum absolute atomic E-state index is 0.000368. The molecule has 2 aromatic rings. The number of nitrogens with one attached hydrogen (secondary N) is 1. The van der Waals surface area contributed by atoms with E-state index in [0.29, 0.717) is 16.3 Å². The zero-order valence-corrected chi connectivity index (χ0v) is 15.2. The van der Waals surface area contributed by atoms with Crippen molar-refractivity contribution in [1.29, 1.82) is 0 Å². The van der Waals surface area contributed by atoms with Gasteiger partial charge in [-0.2, -0.15) is 0 Å². The lowest BCUT2D eigenvalue weighted by Gasteiger charge is -2.17. The molecule has 0 fully saturated rings. The molecule has 0 unspecified atom stereocenters. The van der Waals surface area contributed by atoms with Crippen molar-refractivity contribution in [3.63, 3.8) is 0 Å². The maximum Gasteiger partial charge on any atom is 0.226 e. The van der Waals surface area contributed by atoms with Crippen LogP contribution >= 0.6 is 11.6 Å². The van der Waals surface area contributed by atoms with Crippen molar-refractivity contribution in [3.8, 4) is 0 Å². The van der Waals surface area contributed by atoms with Crippen molar-refractivity contribution in [2.75, 3.05) is 19.4 Å². The van der Waals surface area contributed by atoms with E-state index in [9.17, 15) is 9.18 Å². The van der Waals surface area contributed by atoms with Gasteiger partial charge in [0.15, 0.2) is 0 Å². The van der Waals surface area contributed by atoms with Crippen molar-refractivity contribution in [2.24, 2.45) is 0 Å². The summed E-state index contributed by atoms with van der Waals surface area (Å²) in [6, 6.07) is 8.85. The smallest absolute Gasteiger partial charge is 0.226 e. The molecule has 0 saturated carbocycles. The molecule has 0 bridgehead atoms. The Morgan fingerprint density at radius 2 is 1.96 bits per heavy atom. The van der Waals surface area contributed by atoms with Gasteiger partial charge in [0.2, 0.25) is 5.91 Å². The van der Waals surface area contributed by atoms with Gasteiger partial charge in [-0.05, 0) is 48.2 Å². The third-order valence-electron chi connectivity index (χ3n) is 3.93. The minimum atomic E-state index is -0.413. The third kappa shape index (κ3) is 4.26. The van der Waals surface area contributed by atoms with Crippen LogP contribution in [-0.2, 0) is 17.6 Å². The molecule has 2 aromatic carbocycles. The van der Waals surface area contributed by atoms with Gasteiger partial charge in [-0.15, -0.1) is 0 Å². The topological polar surface area (TPSA) is 32.3 Å². The average molecular weight is 349 g/mol. The molecule has 128 valence electrons. The zero-order valence-electron chi connectivity index (χ0n) is 14.4. The molecule has 0 saturated heterocycles. The van der Waals surface area contributed by atoms with Gasteiger partial charge in [0.05, 0.1) is 12.1 Å². The van der Waals surface area contributed by atoms with Gasteiger partial charge in [-0.1, -0.05) is 30.7 Å². The van der Waals surface area contributed by atoms with Crippen molar-refractivity contribution >= 4 is 28.9 Å². The predicted octanol–water partition coefficient (Wildman–Crippen LogP) is 4.72. The Hall–Kier alpha value is -2.07. The Balaban J connectivity index is 2.41. The van der Waals surface area contributed by atoms with E-state index < -0.39 is 5.82 Å². The summed E-state index contributed by atoms with van der Waals surface area (Å²) in [5, 5.41) is 3.49. The normalized spacial score (nSPS) is 10.6. The highest BCUT2D eigenvalue weighted by molar-refractivity contribution is 6.30. The van der Waals surface area contributed by atoms with E-state index in [2.05, 4.69) is 12.2 Å². The van der Waals surface area contributed by atoms with E-state index in [0.717, 1.165) is 23.2 Å².